The number of nitrogens with one attached hydrogen (secondary N) is 1. The molecule has 3 heterocycles. The number of piperidine rings is 1. The van der Waals surface area contributed by atoms with Gasteiger partial charge in [-0.3, -0.25) is 4.79 Å². The topological polar surface area (TPSA) is 76.6 Å². The monoisotopic (exact) mass is 368 g/mol. The second-order valence-electron chi connectivity index (χ2n) is 7.04. The molecule has 2 aromatic rings. The number of carbonyl (C=O) groups is 1. The van der Waals surface area contributed by atoms with Crippen LogP contribution in [0.1, 0.15) is 34.5 Å². The molecule has 0 radical (unpaired) electrons. The molecule has 1 spiro atoms. The van der Waals surface area contributed by atoms with Gasteiger partial charge in [0.2, 0.25) is 0 Å². The number of anilines is 1. The van der Waals surface area contributed by atoms with E-state index in [2.05, 4.69) is 26.5 Å². The lowest BCUT2D eigenvalue weighted by Crippen LogP contribution is -2.45. The van der Waals surface area contributed by atoms with E-state index < -0.39 is 5.79 Å². The number of aromatic nitrogens is 2. The minimum absolute atomic E-state index is 0.221. The van der Waals surface area contributed by atoms with E-state index in [9.17, 15) is 4.79 Å². The molecule has 1 amide bonds. The third-order valence-corrected chi connectivity index (χ3v) is 5.08. The lowest BCUT2D eigenvalue weighted by molar-refractivity contribution is -0.169. The molecular weight excluding hydrogens is 344 g/mol. The average molecular weight is 368 g/mol. The summed E-state index contributed by atoms with van der Waals surface area (Å²) in [6.45, 7) is 5.44. The van der Waals surface area contributed by atoms with E-state index in [-0.39, 0.29) is 5.91 Å². The molecule has 142 valence electrons. The minimum atomic E-state index is -0.403. The molecule has 4 rings (SSSR count). The molecule has 2 aliphatic heterocycles. The van der Waals surface area contributed by atoms with Crippen molar-refractivity contribution in [2.45, 2.75) is 32.1 Å². The van der Waals surface area contributed by atoms with Crippen LogP contribution >= 0.6 is 0 Å². The Morgan fingerprint density at radius 1 is 1.15 bits per heavy atom. The van der Waals surface area contributed by atoms with Gasteiger partial charge in [-0.15, -0.1) is 10.2 Å². The lowest BCUT2D eigenvalue weighted by Gasteiger charge is -2.37. The Bertz CT molecular complexity index is 793. The summed E-state index contributed by atoms with van der Waals surface area (Å²) in [6.07, 6.45) is 1.63. The fraction of sp³-hybridized carbons (Fsp3) is 0.450. The number of aryl methyl sites for hydroxylation is 1. The maximum absolute atomic E-state index is 12.3. The smallest absolute Gasteiger partial charge is 0.272 e. The predicted octanol–water partition coefficient (Wildman–Crippen LogP) is 2.06. The number of nitrogens with zero attached hydrogens (tertiary/aromatic N) is 3. The number of carbonyl (C=O) groups excluding carboxylic acids is 1. The van der Waals surface area contributed by atoms with Crippen molar-refractivity contribution in [1.82, 2.24) is 15.5 Å². The summed E-state index contributed by atoms with van der Waals surface area (Å²) in [5.74, 6) is 0.151. The Balaban J connectivity index is 1.32. The molecule has 0 atom stereocenters. The molecule has 0 unspecified atom stereocenters. The Labute approximate surface area is 158 Å². The SMILES string of the molecule is Cc1cccc(CNC(=O)c2ccc(N3CCC4(CC3)OCCO4)nn2)c1. The molecule has 0 saturated carbocycles. The molecule has 0 bridgehead atoms. The van der Waals surface area contributed by atoms with Crippen LogP contribution in [0.25, 0.3) is 0 Å². The normalized spacial score (nSPS) is 18.6. The van der Waals surface area contributed by atoms with E-state index in [1.165, 1.54) is 5.56 Å². The molecule has 0 aliphatic carbocycles. The standard InChI is InChI=1S/C20H24N4O3/c1-15-3-2-4-16(13-15)14-21-19(25)17-5-6-18(23-22-17)24-9-7-20(8-10-24)26-11-12-27-20/h2-6,13H,7-12,14H2,1H3,(H,21,25). The fourth-order valence-electron chi connectivity index (χ4n) is 3.57. The highest BCUT2D eigenvalue weighted by molar-refractivity contribution is 5.92. The predicted molar refractivity (Wildman–Crippen MR) is 100 cm³/mol. The molecule has 1 aromatic heterocycles. The Kier molecular flexibility index (Phi) is 5.05. The third-order valence-electron chi connectivity index (χ3n) is 5.08. The Morgan fingerprint density at radius 2 is 1.93 bits per heavy atom. The average Bonchev–Trinajstić information content (AvgIpc) is 3.15. The third kappa shape index (κ3) is 4.09. The van der Waals surface area contributed by atoms with Crippen LogP contribution in [0, 0.1) is 6.92 Å². The first kappa shape index (κ1) is 17.9. The largest absolute Gasteiger partial charge is 0.355 e. The minimum Gasteiger partial charge on any atom is -0.355 e. The highest BCUT2D eigenvalue weighted by Crippen LogP contribution is 2.32. The van der Waals surface area contributed by atoms with E-state index in [1.807, 2.05) is 31.2 Å². The zero-order valence-corrected chi connectivity index (χ0v) is 15.5. The van der Waals surface area contributed by atoms with Gasteiger partial charge in [-0.05, 0) is 24.6 Å². The molecule has 1 N–H and O–H groups in total. The molecule has 27 heavy (non-hydrogen) atoms. The van der Waals surface area contributed by atoms with Gasteiger partial charge in [0.15, 0.2) is 17.3 Å². The van der Waals surface area contributed by atoms with Crippen molar-refractivity contribution >= 4 is 11.7 Å². The Morgan fingerprint density at radius 3 is 2.59 bits per heavy atom. The van der Waals surface area contributed by atoms with Gasteiger partial charge in [0.25, 0.3) is 5.91 Å². The molecule has 2 fully saturated rings. The number of benzene rings is 1. The van der Waals surface area contributed by atoms with Gasteiger partial charge < -0.3 is 19.7 Å². The molecular formula is C20H24N4O3. The second kappa shape index (κ2) is 7.62. The second-order valence-corrected chi connectivity index (χ2v) is 7.04. The zero-order valence-electron chi connectivity index (χ0n) is 15.5. The van der Waals surface area contributed by atoms with Crippen LogP contribution in [0.2, 0.25) is 0 Å². The summed E-state index contributed by atoms with van der Waals surface area (Å²) in [7, 11) is 0. The van der Waals surface area contributed by atoms with E-state index in [0.717, 1.165) is 37.3 Å². The molecule has 1 aromatic carbocycles. The van der Waals surface area contributed by atoms with Gasteiger partial charge in [-0.2, -0.15) is 0 Å². The van der Waals surface area contributed by atoms with Crippen molar-refractivity contribution in [2.24, 2.45) is 0 Å². The highest BCUT2D eigenvalue weighted by atomic mass is 16.7. The van der Waals surface area contributed by atoms with Crippen LogP contribution in [0.15, 0.2) is 36.4 Å². The first-order chi connectivity index (χ1) is 13.1. The number of rotatable bonds is 4. The van der Waals surface area contributed by atoms with Gasteiger partial charge in [0.1, 0.15) is 0 Å². The van der Waals surface area contributed by atoms with Crippen molar-refractivity contribution in [3.05, 3.63) is 53.2 Å². The van der Waals surface area contributed by atoms with Crippen molar-refractivity contribution in [3.8, 4) is 0 Å². The summed E-state index contributed by atoms with van der Waals surface area (Å²) in [6, 6.07) is 11.6. The molecule has 2 aliphatic rings. The van der Waals surface area contributed by atoms with Gasteiger partial charge in [0.05, 0.1) is 13.2 Å². The first-order valence-corrected chi connectivity index (χ1v) is 9.34. The highest BCUT2D eigenvalue weighted by Gasteiger charge is 2.40. The fourth-order valence-corrected chi connectivity index (χ4v) is 3.57. The summed E-state index contributed by atoms with van der Waals surface area (Å²) in [4.78, 5) is 14.5. The van der Waals surface area contributed by atoms with Crippen LogP contribution in [0.3, 0.4) is 0 Å². The zero-order chi connectivity index (χ0) is 18.7. The van der Waals surface area contributed by atoms with E-state index in [4.69, 9.17) is 9.47 Å². The summed E-state index contributed by atoms with van der Waals surface area (Å²) in [5, 5.41) is 11.2. The quantitative estimate of drug-likeness (QED) is 0.890. The van der Waals surface area contributed by atoms with Crippen molar-refractivity contribution in [1.29, 1.82) is 0 Å². The first-order valence-electron chi connectivity index (χ1n) is 9.34. The van der Waals surface area contributed by atoms with Crippen LogP contribution < -0.4 is 10.2 Å². The molecule has 7 heteroatoms. The molecule has 7 nitrogen and oxygen atoms in total. The van der Waals surface area contributed by atoms with E-state index >= 15 is 0 Å². The van der Waals surface area contributed by atoms with Gasteiger partial charge in [-0.1, -0.05) is 29.8 Å². The summed E-state index contributed by atoms with van der Waals surface area (Å²) < 4.78 is 11.5. The van der Waals surface area contributed by atoms with Gasteiger partial charge in [0, 0.05) is 32.5 Å². The number of ether oxygens (including phenoxy) is 2. The summed E-state index contributed by atoms with van der Waals surface area (Å²) >= 11 is 0. The van der Waals surface area contributed by atoms with Crippen molar-refractivity contribution < 1.29 is 14.3 Å². The van der Waals surface area contributed by atoms with Crippen LogP contribution in [0.5, 0.6) is 0 Å². The van der Waals surface area contributed by atoms with Gasteiger partial charge >= 0.3 is 0 Å². The maximum atomic E-state index is 12.3. The Hall–Kier alpha value is -2.51. The van der Waals surface area contributed by atoms with E-state index in [0.29, 0.717) is 25.5 Å². The van der Waals surface area contributed by atoms with Crippen LogP contribution in [0.4, 0.5) is 5.82 Å². The number of hydrogen-bond acceptors (Lipinski definition) is 6. The van der Waals surface area contributed by atoms with Crippen molar-refractivity contribution in [2.75, 3.05) is 31.2 Å². The van der Waals surface area contributed by atoms with Crippen LogP contribution in [-0.4, -0.2) is 48.2 Å². The van der Waals surface area contributed by atoms with Crippen LogP contribution in [-0.2, 0) is 16.0 Å². The number of hydrogen-bond donors (Lipinski definition) is 1. The van der Waals surface area contributed by atoms with E-state index in [1.54, 1.807) is 6.07 Å². The molecule has 2 saturated heterocycles. The van der Waals surface area contributed by atoms with Gasteiger partial charge in [-0.25, -0.2) is 0 Å². The maximum Gasteiger partial charge on any atom is 0.272 e. The summed E-state index contributed by atoms with van der Waals surface area (Å²) in [5.41, 5.74) is 2.55. The number of amides is 1. The lowest BCUT2D eigenvalue weighted by atomic mass is 10.0. The van der Waals surface area contributed by atoms with Crippen molar-refractivity contribution in [3.63, 3.8) is 0 Å².